The molecule has 0 saturated carbocycles. The number of nitrogens with zero attached hydrogens (tertiary/aromatic N) is 1. The lowest BCUT2D eigenvalue weighted by Gasteiger charge is -2.25. The second-order valence-electron chi connectivity index (χ2n) is 6.16. The lowest BCUT2D eigenvalue weighted by atomic mass is 9.89. The van der Waals surface area contributed by atoms with Crippen LogP contribution in [-0.4, -0.2) is 21.5 Å². The third-order valence-corrected chi connectivity index (χ3v) is 5.37. The molecule has 1 fully saturated rings. The van der Waals surface area contributed by atoms with Gasteiger partial charge in [0, 0.05) is 13.1 Å². The molecule has 1 aliphatic rings. The van der Waals surface area contributed by atoms with Gasteiger partial charge in [-0.3, -0.25) is 0 Å². The van der Waals surface area contributed by atoms with E-state index < -0.39 is 10.0 Å². The van der Waals surface area contributed by atoms with Crippen molar-refractivity contribution in [2.24, 2.45) is 17.0 Å². The molecule has 6 heteroatoms. The molecule has 1 aromatic rings. The summed E-state index contributed by atoms with van der Waals surface area (Å²) in [5.74, 6) is 1.40. The van der Waals surface area contributed by atoms with Crippen molar-refractivity contribution >= 4 is 21.4 Å². The van der Waals surface area contributed by atoms with Crippen LogP contribution >= 0.6 is 0 Å². The number of anilines is 2. The van der Waals surface area contributed by atoms with E-state index in [1.54, 1.807) is 6.07 Å². The lowest BCUT2D eigenvalue weighted by molar-refractivity contribution is 0.351. The first-order valence-electron chi connectivity index (χ1n) is 7.47. The Bertz CT molecular complexity index is 599. The third kappa shape index (κ3) is 3.68. The first-order chi connectivity index (χ1) is 9.80. The number of rotatable bonds is 3. The van der Waals surface area contributed by atoms with Crippen molar-refractivity contribution in [1.29, 1.82) is 0 Å². The molecule has 1 aromatic carbocycles. The van der Waals surface area contributed by atoms with Gasteiger partial charge in [0.1, 0.15) is 4.90 Å². The molecule has 21 heavy (non-hydrogen) atoms. The summed E-state index contributed by atoms with van der Waals surface area (Å²) in [5, 5.41) is 5.22. The first-order valence-corrected chi connectivity index (χ1v) is 9.01. The van der Waals surface area contributed by atoms with Gasteiger partial charge in [-0.2, -0.15) is 0 Å². The summed E-state index contributed by atoms with van der Waals surface area (Å²) in [6.45, 7) is 6.33. The van der Waals surface area contributed by atoms with Crippen molar-refractivity contribution in [1.82, 2.24) is 0 Å². The third-order valence-electron chi connectivity index (χ3n) is 4.41. The Balaban J connectivity index is 2.27. The van der Waals surface area contributed by atoms with Gasteiger partial charge in [-0.15, -0.1) is 0 Å². The fourth-order valence-corrected chi connectivity index (χ4v) is 3.77. The van der Waals surface area contributed by atoms with Crippen molar-refractivity contribution < 1.29 is 8.42 Å². The zero-order chi connectivity index (χ0) is 15.6. The fraction of sp³-hybridized carbons (Fsp3) is 0.600. The number of sulfonamides is 1. The average molecular weight is 311 g/mol. The van der Waals surface area contributed by atoms with Crippen molar-refractivity contribution in [3.63, 3.8) is 0 Å². The van der Waals surface area contributed by atoms with Crippen LogP contribution in [0.2, 0.25) is 0 Å². The van der Waals surface area contributed by atoms with E-state index in [4.69, 9.17) is 10.9 Å². The Morgan fingerprint density at radius 3 is 2.57 bits per heavy atom. The number of hydrogen-bond acceptors (Lipinski definition) is 4. The topological polar surface area (TPSA) is 89.4 Å². The Morgan fingerprint density at radius 1 is 1.24 bits per heavy atom. The predicted molar refractivity (Wildman–Crippen MR) is 86.6 cm³/mol. The molecule has 1 unspecified atom stereocenters. The van der Waals surface area contributed by atoms with Crippen LogP contribution in [0.4, 0.5) is 11.4 Å². The van der Waals surface area contributed by atoms with Gasteiger partial charge in [-0.25, -0.2) is 13.6 Å². The number of nitrogens with two attached hydrogens (primary N) is 2. The second-order valence-corrected chi connectivity index (χ2v) is 7.69. The maximum Gasteiger partial charge on any atom is 0.240 e. The van der Waals surface area contributed by atoms with E-state index in [1.807, 2.05) is 6.07 Å². The lowest BCUT2D eigenvalue weighted by Crippen LogP contribution is -2.26. The van der Waals surface area contributed by atoms with E-state index in [0.717, 1.165) is 37.5 Å². The van der Waals surface area contributed by atoms with Gasteiger partial charge in [0.25, 0.3) is 0 Å². The van der Waals surface area contributed by atoms with E-state index in [1.165, 1.54) is 12.5 Å². The van der Waals surface area contributed by atoms with Crippen LogP contribution in [0, 0.1) is 11.8 Å². The quantitative estimate of drug-likeness (QED) is 0.837. The molecule has 0 spiro atoms. The molecule has 1 atom stereocenters. The highest BCUT2D eigenvalue weighted by atomic mass is 32.2. The van der Waals surface area contributed by atoms with E-state index in [2.05, 4.69) is 18.7 Å². The number of hydrogen-bond donors (Lipinski definition) is 2. The van der Waals surface area contributed by atoms with Gasteiger partial charge in [0.05, 0.1) is 11.4 Å². The molecular formula is C15H25N3O2S. The Kier molecular flexibility index (Phi) is 4.78. The number of benzene rings is 1. The van der Waals surface area contributed by atoms with Crippen molar-refractivity contribution in [2.75, 3.05) is 23.7 Å². The van der Waals surface area contributed by atoms with Crippen LogP contribution in [0.15, 0.2) is 23.1 Å². The van der Waals surface area contributed by atoms with Gasteiger partial charge in [-0.1, -0.05) is 19.9 Å². The molecule has 0 aromatic heterocycles. The van der Waals surface area contributed by atoms with E-state index in [0.29, 0.717) is 5.92 Å². The van der Waals surface area contributed by atoms with Crippen LogP contribution < -0.4 is 15.8 Å². The van der Waals surface area contributed by atoms with Crippen LogP contribution in [-0.2, 0) is 10.0 Å². The molecule has 1 heterocycles. The SMILES string of the molecule is CC(C)C1CCCN(c2cccc(S(N)(=O)=O)c2N)CC1. The molecule has 0 amide bonds. The highest BCUT2D eigenvalue weighted by Gasteiger charge is 2.22. The van der Waals surface area contributed by atoms with Crippen LogP contribution in [0.5, 0.6) is 0 Å². The molecule has 4 N–H and O–H groups in total. The molecule has 118 valence electrons. The Morgan fingerprint density at radius 2 is 1.95 bits per heavy atom. The summed E-state index contributed by atoms with van der Waals surface area (Å²) in [7, 11) is -3.78. The van der Waals surface area contributed by atoms with Gasteiger partial charge >= 0.3 is 0 Å². The molecule has 0 aliphatic carbocycles. The van der Waals surface area contributed by atoms with Crippen LogP contribution in [0.1, 0.15) is 33.1 Å². The molecule has 1 aliphatic heterocycles. The number of primary sulfonamides is 1. The molecule has 0 bridgehead atoms. The smallest absolute Gasteiger partial charge is 0.240 e. The monoisotopic (exact) mass is 311 g/mol. The summed E-state index contributed by atoms with van der Waals surface area (Å²) in [5.41, 5.74) is 7.09. The standard InChI is InChI=1S/C15H25N3O2S/c1-11(2)12-5-4-9-18(10-8-12)13-6-3-7-14(15(13)16)21(17,19)20/h3,6-7,11-12H,4-5,8-10,16H2,1-2H3,(H2,17,19,20). The van der Waals surface area contributed by atoms with Crippen LogP contribution in [0.25, 0.3) is 0 Å². The van der Waals surface area contributed by atoms with Crippen molar-refractivity contribution in [2.45, 2.75) is 38.0 Å². The molecule has 1 saturated heterocycles. The number of nitrogen functional groups attached to an aromatic ring is 1. The zero-order valence-corrected chi connectivity index (χ0v) is 13.6. The Hall–Kier alpha value is -1.27. The molecule has 5 nitrogen and oxygen atoms in total. The van der Waals surface area contributed by atoms with Crippen molar-refractivity contribution in [3.8, 4) is 0 Å². The van der Waals surface area contributed by atoms with Gasteiger partial charge in [0.2, 0.25) is 10.0 Å². The summed E-state index contributed by atoms with van der Waals surface area (Å²) in [6.07, 6.45) is 3.42. The van der Waals surface area contributed by atoms with Gasteiger partial charge < -0.3 is 10.6 Å². The normalized spacial score (nSPS) is 20.6. The van der Waals surface area contributed by atoms with E-state index in [-0.39, 0.29) is 10.6 Å². The summed E-state index contributed by atoms with van der Waals surface area (Å²) < 4.78 is 23.2. The van der Waals surface area contributed by atoms with Crippen LogP contribution in [0.3, 0.4) is 0 Å². The molecule has 0 radical (unpaired) electrons. The van der Waals surface area contributed by atoms with E-state index >= 15 is 0 Å². The maximum absolute atomic E-state index is 11.6. The number of para-hydroxylation sites is 1. The fourth-order valence-electron chi connectivity index (χ4n) is 3.09. The maximum atomic E-state index is 11.6. The minimum atomic E-state index is -3.78. The second kappa shape index (κ2) is 6.23. The van der Waals surface area contributed by atoms with Crippen molar-refractivity contribution in [3.05, 3.63) is 18.2 Å². The largest absolute Gasteiger partial charge is 0.396 e. The Labute approximate surface area is 127 Å². The minimum absolute atomic E-state index is 0.0182. The molecular weight excluding hydrogens is 286 g/mol. The van der Waals surface area contributed by atoms with Gasteiger partial charge in [0.15, 0.2) is 0 Å². The van der Waals surface area contributed by atoms with E-state index in [9.17, 15) is 8.42 Å². The highest BCUT2D eigenvalue weighted by molar-refractivity contribution is 7.89. The zero-order valence-electron chi connectivity index (χ0n) is 12.7. The summed E-state index contributed by atoms with van der Waals surface area (Å²) >= 11 is 0. The summed E-state index contributed by atoms with van der Waals surface area (Å²) in [6, 6.07) is 5.04. The highest BCUT2D eigenvalue weighted by Crippen LogP contribution is 2.32. The van der Waals surface area contributed by atoms with Gasteiger partial charge in [-0.05, 0) is 43.2 Å². The first kappa shape index (κ1) is 16.1. The average Bonchev–Trinajstić information content (AvgIpc) is 2.63. The minimum Gasteiger partial charge on any atom is -0.396 e. The molecule has 2 rings (SSSR count). The summed E-state index contributed by atoms with van der Waals surface area (Å²) in [4.78, 5) is 2.21. The predicted octanol–water partition coefficient (Wildman–Crippen LogP) is 2.18.